The third-order valence-corrected chi connectivity index (χ3v) is 6.97. The van der Waals surface area contributed by atoms with E-state index in [9.17, 15) is 9.59 Å². The second kappa shape index (κ2) is 9.02. The molecule has 1 N–H and O–H groups in total. The average Bonchev–Trinajstić information content (AvgIpc) is 3.55. The number of hydrogen-bond acceptors (Lipinski definition) is 6. The van der Waals surface area contributed by atoms with Crippen LogP contribution >= 0.6 is 0 Å². The van der Waals surface area contributed by atoms with Crippen molar-refractivity contribution in [1.82, 2.24) is 20.2 Å². The van der Waals surface area contributed by atoms with Gasteiger partial charge in [0.1, 0.15) is 17.3 Å². The normalized spacial score (nSPS) is 20.5. The molecule has 0 spiro atoms. The molecule has 0 radical (unpaired) electrons. The van der Waals surface area contributed by atoms with E-state index in [1.165, 1.54) is 0 Å². The number of pyridine rings is 1. The molecule has 2 atom stereocenters. The number of anilines is 1. The summed E-state index contributed by atoms with van der Waals surface area (Å²) in [5.74, 6) is -0.131. The van der Waals surface area contributed by atoms with Crippen molar-refractivity contribution >= 4 is 39.8 Å². The van der Waals surface area contributed by atoms with Gasteiger partial charge in [-0.25, -0.2) is 4.98 Å². The van der Waals surface area contributed by atoms with Crippen LogP contribution in [0.2, 0.25) is 0 Å². The van der Waals surface area contributed by atoms with Crippen molar-refractivity contribution in [3.05, 3.63) is 66.4 Å². The van der Waals surface area contributed by atoms with Gasteiger partial charge in [0.25, 0.3) is 11.9 Å². The molecule has 0 unspecified atom stereocenters. The maximum atomic E-state index is 13.3. The summed E-state index contributed by atoms with van der Waals surface area (Å²) in [6, 6.07) is 19.2. The second-order valence-corrected chi connectivity index (χ2v) is 9.30. The fourth-order valence-corrected chi connectivity index (χ4v) is 5.12. The number of nitrogens with zero attached hydrogens (tertiary/aromatic N) is 4. The first-order valence-electron chi connectivity index (χ1n) is 12.2. The smallest absolute Gasteiger partial charge is 0.299 e. The van der Waals surface area contributed by atoms with Crippen LogP contribution in [0.25, 0.3) is 22.0 Å². The first kappa shape index (κ1) is 21.6. The van der Waals surface area contributed by atoms with Gasteiger partial charge >= 0.3 is 0 Å². The number of rotatable bonds is 4. The zero-order valence-corrected chi connectivity index (χ0v) is 19.4. The third kappa shape index (κ3) is 4.20. The molecular weight excluding hydrogens is 442 g/mol. The molecule has 2 aromatic heterocycles. The predicted octanol–water partition coefficient (Wildman–Crippen LogP) is 3.77. The van der Waals surface area contributed by atoms with E-state index in [1.807, 2.05) is 59.5 Å². The zero-order valence-electron chi connectivity index (χ0n) is 19.4. The number of hydrogen-bond donors (Lipinski definition) is 1. The minimum atomic E-state index is -0.330. The lowest BCUT2D eigenvalue weighted by Crippen LogP contribution is -2.52. The number of fused-ring (bicyclic) bond motifs is 2. The predicted molar refractivity (Wildman–Crippen MR) is 133 cm³/mol. The molecule has 2 saturated heterocycles. The quantitative estimate of drug-likeness (QED) is 0.489. The van der Waals surface area contributed by atoms with Crippen molar-refractivity contribution in [2.24, 2.45) is 0 Å². The van der Waals surface area contributed by atoms with Crippen LogP contribution in [-0.2, 0) is 4.79 Å². The van der Waals surface area contributed by atoms with Crippen LogP contribution in [0, 0.1) is 0 Å². The standard InChI is InChI=1S/C27H27N5O3/c33-25(23-10-5-6-15-32(23)27-30-21-9-3-4-11-24(21)35-27)28-19-14-16-31(17-19)26(34)22-13-12-18-7-1-2-8-20(18)29-22/h1-4,7-9,11-13,19,23H,5-6,10,14-17H2,(H,28,33)/t19-,23-/m0/s1. The number of carbonyl (C=O) groups is 2. The summed E-state index contributed by atoms with van der Waals surface area (Å²) >= 11 is 0. The number of likely N-dealkylation sites (tertiary alicyclic amines) is 1. The summed E-state index contributed by atoms with van der Waals surface area (Å²) in [5.41, 5.74) is 2.75. The number of para-hydroxylation sites is 3. The van der Waals surface area contributed by atoms with E-state index in [0.29, 0.717) is 24.8 Å². The van der Waals surface area contributed by atoms with Gasteiger partial charge in [0.2, 0.25) is 5.91 Å². The molecule has 0 aliphatic carbocycles. The summed E-state index contributed by atoms with van der Waals surface area (Å²) in [4.78, 5) is 39.3. The van der Waals surface area contributed by atoms with Crippen LogP contribution in [-0.4, -0.2) is 58.4 Å². The maximum absolute atomic E-state index is 13.3. The van der Waals surface area contributed by atoms with E-state index in [4.69, 9.17) is 4.42 Å². The maximum Gasteiger partial charge on any atom is 0.299 e. The molecule has 6 rings (SSSR count). The lowest BCUT2D eigenvalue weighted by atomic mass is 10.0. The molecule has 0 bridgehead atoms. The number of carbonyl (C=O) groups excluding carboxylic acids is 2. The molecule has 4 heterocycles. The molecule has 0 saturated carbocycles. The second-order valence-electron chi connectivity index (χ2n) is 9.30. The summed E-state index contributed by atoms with van der Waals surface area (Å²) < 4.78 is 5.96. The lowest BCUT2D eigenvalue weighted by Gasteiger charge is -2.34. The molecule has 2 aliphatic heterocycles. The van der Waals surface area contributed by atoms with Crippen LogP contribution in [0.5, 0.6) is 0 Å². The van der Waals surface area contributed by atoms with Gasteiger partial charge in [-0.2, -0.15) is 4.98 Å². The molecule has 178 valence electrons. The van der Waals surface area contributed by atoms with Crippen molar-refractivity contribution in [3.8, 4) is 0 Å². The van der Waals surface area contributed by atoms with Crippen molar-refractivity contribution < 1.29 is 14.0 Å². The highest BCUT2D eigenvalue weighted by molar-refractivity contribution is 5.95. The van der Waals surface area contributed by atoms with E-state index in [1.54, 1.807) is 11.0 Å². The monoisotopic (exact) mass is 469 g/mol. The number of benzene rings is 2. The largest absolute Gasteiger partial charge is 0.423 e. The Morgan fingerprint density at radius 1 is 0.886 bits per heavy atom. The molecule has 2 amide bonds. The Bertz CT molecular complexity index is 1370. The van der Waals surface area contributed by atoms with Crippen LogP contribution in [0.15, 0.2) is 65.1 Å². The Morgan fingerprint density at radius 2 is 1.71 bits per heavy atom. The molecule has 35 heavy (non-hydrogen) atoms. The summed E-state index contributed by atoms with van der Waals surface area (Å²) in [6.45, 7) is 1.81. The van der Waals surface area contributed by atoms with Crippen molar-refractivity contribution in [2.45, 2.75) is 37.8 Å². The Labute approximate surface area is 202 Å². The van der Waals surface area contributed by atoms with Gasteiger partial charge in [-0.05, 0) is 49.9 Å². The van der Waals surface area contributed by atoms with Crippen molar-refractivity contribution in [1.29, 1.82) is 0 Å². The van der Waals surface area contributed by atoms with E-state index < -0.39 is 0 Å². The fraction of sp³-hybridized carbons (Fsp3) is 0.333. The zero-order chi connectivity index (χ0) is 23.8. The molecule has 8 nitrogen and oxygen atoms in total. The Hall–Kier alpha value is -3.94. The first-order chi connectivity index (χ1) is 17.2. The number of amides is 2. The molecule has 4 aromatic rings. The summed E-state index contributed by atoms with van der Waals surface area (Å²) in [5, 5.41) is 4.19. The van der Waals surface area contributed by atoms with E-state index in [-0.39, 0.29) is 23.9 Å². The van der Waals surface area contributed by atoms with Gasteiger partial charge in [-0.3, -0.25) is 9.59 Å². The highest BCUT2D eigenvalue weighted by Crippen LogP contribution is 2.28. The van der Waals surface area contributed by atoms with Gasteiger partial charge in [0, 0.05) is 31.1 Å². The van der Waals surface area contributed by atoms with E-state index in [0.717, 1.165) is 54.2 Å². The Balaban J connectivity index is 1.12. The summed E-state index contributed by atoms with van der Waals surface area (Å²) in [6.07, 6.45) is 3.45. The third-order valence-electron chi connectivity index (χ3n) is 6.97. The lowest BCUT2D eigenvalue weighted by molar-refractivity contribution is -0.123. The minimum absolute atomic E-state index is 0.0323. The number of piperidine rings is 1. The van der Waals surface area contributed by atoms with Crippen molar-refractivity contribution in [2.75, 3.05) is 24.5 Å². The van der Waals surface area contributed by atoms with E-state index in [2.05, 4.69) is 15.3 Å². The SMILES string of the molecule is O=C(N[C@H]1CCN(C(=O)c2ccc3ccccc3n2)C1)[C@@H]1CCCCN1c1nc2ccccc2o1. The number of nitrogens with one attached hydrogen (secondary N) is 1. The van der Waals surface area contributed by atoms with E-state index >= 15 is 0 Å². The van der Waals surface area contributed by atoms with Gasteiger partial charge < -0.3 is 19.5 Å². The van der Waals surface area contributed by atoms with Crippen LogP contribution in [0.4, 0.5) is 6.01 Å². The van der Waals surface area contributed by atoms with Gasteiger partial charge in [-0.1, -0.05) is 36.4 Å². The number of oxazole rings is 1. The van der Waals surface area contributed by atoms with Gasteiger partial charge in [0.05, 0.1) is 5.52 Å². The van der Waals surface area contributed by atoms with Crippen LogP contribution in [0.3, 0.4) is 0 Å². The molecule has 2 aromatic carbocycles. The first-order valence-corrected chi connectivity index (χ1v) is 12.2. The highest BCUT2D eigenvalue weighted by Gasteiger charge is 2.35. The summed E-state index contributed by atoms with van der Waals surface area (Å²) in [7, 11) is 0. The Morgan fingerprint density at radius 3 is 2.60 bits per heavy atom. The molecule has 2 aliphatic rings. The van der Waals surface area contributed by atoms with Crippen LogP contribution in [0.1, 0.15) is 36.2 Å². The topological polar surface area (TPSA) is 91.6 Å². The van der Waals surface area contributed by atoms with Gasteiger partial charge in [0.15, 0.2) is 5.58 Å². The van der Waals surface area contributed by atoms with Crippen LogP contribution < -0.4 is 10.2 Å². The van der Waals surface area contributed by atoms with Crippen molar-refractivity contribution in [3.63, 3.8) is 0 Å². The molecule has 8 heteroatoms. The highest BCUT2D eigenvalue weighted by atomic mass is 16.4. The fourth-order valence-electron chi connectivity index (χ4n) is 5.12. The molecular formula is C27H27N5O3. The number of aromatic nitrogens is 2. The minimum Gasteiger partial charge on any atom is -0.423 e. The van der Waals surface area contributed by atoms with Gasteiger partial charge in [-0.15, -0.1) is 0 Å². The molecule has 2 fully saturated rings. The Kier molecular flexibility index (Phi) is 5.56. The average molecular weight is 470 g/mol.